The molecular weight excluding hydrogens is 224 g/mol. The van der Waals surface area contributed by atoms with E-state index in [1.807, 2.05) is 0 Å². The molecule has 5 nitrogen and oxygen atoms in total. The minimum absolute atomic E-state index is 0.173. The largest absolute Gasteiger partial charge is 0.480 e. The maximum absolute atomic E-state index is 12.2. The fraction of sp³-hybridized carbons (Fsp3) is 0.778. The van der Waals surface area contributed by atoms with Crippen molar-refractivity contribution in [3.05, 3.63) is 0 Å². The molecule has 1 fully saturated rings. The maximum atomic E-state index is 12.2. The molecule has 0 atom stereocenters. The summed E-state index contributed by atoms with van der Waals surface area (Å²) >= 11 is 0. The number of aliphatic hydroxyl groups is 1. The number of nitrogens with zero attached hydrogens (tertiary/aromatic N) is 1. The van der Waals surface area contributed by atoms with E-state index in [9.17, 15) is 18.4 Å². The van der Waals surface area contributed by atoms with Crippen molar-refractivity contribution in [1.82, 2.24) is 4.90 Å². The minimum atomic E-state index is -2.74. The zero-order chi connectivity index (χ0) is 12.3. The molecule has 1 aliphatic rings. The molecule has 1 saturated carbocycles. The van der Waals surface area contributed by atoms with Gasteiger partial charge in [0.1, 0.15) is 5.41 Å². The predicted octanol–water partition coefficient (Wildman–Crippen LogP) is -0.0628. The third-order valence-electron chi connectivity index (χ3n) is 2.58. The Labute approximate surface area is 90.7 Å². The van der Waals surface area contributed by atoms with Gasteiger partial charge in [-0.2, -0.15) is 0 Å². The summed E-state index contributed by atoms with van der Waals surface area (Å²) < 4.78 is 24.3. The van der Waals surface area contributed by atoms with E-state index in [0.717, 1.165) is 0 Å². The summed E-state index contributed by atoms with van der Waals surface area (Å²) in [4.78, 5) is 23.2. The van der Waals surface area contributed by atoms with Crippen LogP contribution in [0.15, 0.2) is 0 Å². The lowest BCUT2D eigenvalue weighted by molar-refractivity contribution is -0.154. The normalized spacial score (nSPS) is 17.2. The zero-order valence-electron chi connectivity index (χ0n) is 8.53. The summed E-state index contributed by atoms with van der Waals surface area (Å²) in [7, 11) is 0. The number of aliphatic hydroxyl groups excluding tert-OH is 1. The molecule has 0 unspecified atom stereocenters. The number of carbonyl (C=O) groups is 2. The van der Waals surface area contributed by atoms with E-state index < -0.39 is 36.9 Å². The van der Waals surface area contributed by atoms with Gasteiger partial charge in [0.25, 0.3) is 6.43 Å². The topological polar surface area (TPSA) is 77.8 Å². The van der Waals surface area contributed by atoms with Gasteiger partial charge in [0.15, 0.2) is 0 Å². The average molecular weight is 237 g/mol. The van der Waals surface area contributed by atoms with Crippen LogP contribution in [0.2, 0.25) is 0 Å². The summed E-state index contributed by atoms with van der Waals surface area (Å²) in [6, 6.07) is 0. The Morgan fingerprint density at radius 3 is 2.25 bits per heavy atom. The first-order chi connectivity index (χ1) is 7.44. The Balaban J connectivity index is 2.71. The van der Waals surface area contributed by atoms with Gasteiger partial charge in [0.05, 0.1) is 13.2 Å². The van der Waals surface area contributed by atoms with Crippen LogP contribution in [0.3, 0.4) is 0 Å². The van der Waals surface area contributed by atoms with E-state index in [2.05, 4.69) is 0 Å². The molecule has 0 aliphatic heterocycles. The fourth-order valence-electron chi connectivity index (χ4n) is 1.51. The first-order valence-electron chi connectivity index (χ1n) is 4.86. The molecule has 16 heavy (non-hydrogen) atoms. The second kappa shape index (κ2) is 4.73. The third kappa shape index (κ3) is 2.46. The van der Waals surface area contributed by atoms with E-state index >= 15 is 0 Å². The molecule has 92 valence electrons. The molecule has 0 aromatic rings. The number of rotatable bonds is 6. The molecule has 0 aromatic carbocycles. The fourth-order valence-corrected chi connectivity index (χ4v) is 1.51. The maximum Gasteiger partial charge on any atom is 0.319 e. The van der Waals surface area contributed by atoms with Crippen LogP contribution in [0.4, 0.5) is 8.78 Å². The lowest BCUT2D eigenvalue weighted by Gasteiger charge is -2.24. The Kier molecular flexibility index (Phi) is 3.79. The number of alkyl halides is 2. The van der Waals surface area contributed by atoms with Crippen molar-refractivity contribution in [1.29, 1.82) is 0 Å². The van der Waals surface area contributed by atoms with E-state index in [1.165, 1.54) is 0 Å². The number of halogens is 2. The van der Waals surface area contributed by atoms with Gasteiger partial charge in [-0.3, -0.25) is 9.59 Å². The number of hydrogen-bond acceptors (Lipinski definition) is 3. The molecule has 1 rings (SSSR count). The van der Waals surface area contributed by atoms with E-state index in [-0.39, 0.29) is 19.4 Å². The van der Waals surface area contributed by atoms with E-state index in [4.69, 9.17) is 10.2 Å². The smallest absolute Gasteiger partial charge is 0.319 e. The van der Waals surface area contributed by atoms with Crippen LogP contribution in [-0.2, 0) is 9.59 Å². The minimum Gasteiger partial charge on any atom is -0.480 e. The van der Waals surface area contributed by atoms with Crippen LogP contribution < -0.4 is 0 Å². The summed E-state index contributed by atoms with van der Waals surface area (Å²) in [6.45, 7) is -1.57. The van der Waals surface area contributed by atoms with Crippen LogP contribution in [0.5, 0.6) is 0 Å². The molecule has 2 N–H and O–H groups in total. The number of amides is 1. The van der Waals surface area contributed by atoms with Crippen LogP contribution in [0.1, 0.15) is 12.8 Å². The summed E-state index contributed by atoms with van der Waals surface area (Å²) in [5, 5.41) is 17.5. The zero-order valence-corrected chi connectivity index (χ0v) is 8.53. The van der Waals surface area contributed by atoms with Crippen molar-refractivity contribution in [2.24, 2.45) is 5.41 Å². The van der Waals surface area contributed by atoms with E-state index in [0.29, 0.717) is 4.90 Å². The number of carboxylic acid groups (broad SMARTS) is 1. The monoisotopic (exact) mass is 237 g/mol. The first-order valence-corrected chi connectivity index (χ1v) is 4.86. The van der Waals surface area contributed by atoms with Gasteiger partial charge in [-0.15, -0.1) is 0 Å². The lowest BCUT2D eigenvalue weighted by Crippen LogP contribution is -2.44. The lowest BCUT2D eigenvalue weighted by atomic mass is 10.1. The average Bonchev–Trinajstić information content (AvgIpc) is 2.96. The van der Waals surface area contributed by atoms with Crippen molar-refractivity contribution in [2.45, 2.75) is 19.3 Å². The van der Waals surface area contributed by atoms with Gasteiger partial charge in [0.2, 0.25) is 5.91 Å². The molecule has 0 radical (unpaired) electrons. The molecule has 0 spiro atoms. The van der Waals surface area contributed by atoms with Crippen molar-refractivity contribution in [3.8, 4) is 0 Å². The highest BCUT2D eigenvalue weighted by atomic mass is 19.3. The number of carbonyl (C=O) groups excluding carboxylic acids is 1. The Morgan fingerprint density at radius 2 is 1.94 bits per heavy atom. The van der Waals surface area contributed by atoms with Crippen molar-refractivity contribution in [2.75, 3.05) is 19.7 Å². The second-order valence-corrected chi connectivity index (χ2v) is 3.75. The first kappa shape index (κ1) is 12.8. The van der Waals surface area contributed by atoms with Gasteiger partial charge in [-0.05, 0) is 12.8 Å². The van der Waals surface area contributed by atoms with Crippen LogP contribution in [0.25, 0.3) is 0 Å². The molecule has 0 aromatic heterocycles. The highest BCUT2D eigenvalue weighted by Crippen LogP contribution is 2.47. The second-order valence-electron chi connectivity index (χ2n) is 3.75. The highest BCUT2D eigenvalue weighted by molar-refractivity contribution is 6.04. The Bertz CT molecular complexity index is 291. The molecule has 1 aliphatic carbocycles. The number of aliphatic carboxylic acids is 1. The molecule has 1 amide bonds. The van der Waals surface area contributed by atoms with Crippen LogP contribution >= 0.6 is 0 Å². The molecule has 0 bridgehead atoms. The molecular formula is C9H13F2NO4. The predicted molar refractivity (Wildman–Crippen MR) is 49.0 cm³/mol. The molecule has 0 heterocycles. The van der Waals surface area contributed by atoms with E-state index in [1.54, 1.807) is 0 Å². The molecule has 0 saturated heterocycles. The third-order valence-corrected chi connectivity index (χ3v) is 2.58. The van der Waals surface area contributed by atoms with Crippen LogP contribution in [-0.4, -0.2) is 53.1 Å². The summed E-state index contributed by atoms with van der Waals surface area (Å²) in [5.41, 5.74) is -1.52. The van der Waals surface area contributed by atoms with Gasteiger partial charge in [-0.25, -0.2) is 8.78 Å². The molecule has 7 heteroatoms. The van der Waals surface area contributed by atoms with Crippen molar-refractivity contribution < 1.29 is 28.6 Å². The van der Waals surface area contributed by atoms with Gasteiger partial charge >= 0.3 is 5.97 Å². The SMILES string of the molecule is O=C(O)C1(C(=O)N(CCO)CC(F)F)CC1. The summed E-state index contributed by atoms with van der Waals surface area (Å²) in [6.07, 6.45) is -2.39. The highest BCUT2D eigenvalue weighted by Gasteiger charge is 2.58. The van der Waals surface area contributed by atoms with Crippen LogP contribution in [0, 0.1) is 5.41 Å². The standard InChI is InChI=1S/C9H13F2NO4/c10-6(11)5-12(3-4-13)7(14)9(1-2-9)8(15)16/h6,13H,1-5H2,(H,15,16). The number of hydrogen-bond donors (Lipinski definition) is 2. The Hall–Kier alpha value is -1.24. The number of carboxylic acids is 1. The van der Waals surface area contributed by atoms with Gasteiger partial charge in [0, 0.05) is 6.54 Å². The summed E-state index contributed by atoms with van der Waals surface area (Å²) in [5.74, 6) is -2.11. The van der Waals surface area contributed by atoms with Gasteiger partial charge < -0.3 is 15.1 Å². The quantitative estimate of drug-likeness (QED) is 0.634. The van der Waals surface area contributed by atoms with Gasteiger partial charge in [-0.1, -0.05) is 0 Å². The Morgan fingerprint density at radius 1 is 1.38 bits per heavy atom. The van der Waals surface area contributed by atoms with Crippen molar-refractivity contribution in [3.63, 3.8) is 0 Å². The van der Waals surface area contributed by atoms with Crippen molar-refractivity contribution >= 4 is 11.9 Å².